The second-order valence-electron chi connectivity index (χ2n) is 10.9. The van der Waals surface area contributed by atoms with Crippen LogP contribution in [-0.2, 0) is 14.4 Å². The maximum Gasteiger partial charge on any atom is 0.239 e. The van der Waals surface area contributed by atoms with Crippen molar-refractivity contribution in [1.29, 1.82) is 0 Å². The van der Waals surface area contributed by atoms with Crippen molar-refractivity contribution >= 4 is 30.0 Å². The van der Waals surface area contributed by atoms with Crippen molar-refractivity contribution in [3.8, 4) is 0 Å². The van der Waals surface area contributed by atoms with E-state index < -0.39 is 17.9 Å². The highest BCUT2D eigenvalue weighted by Gasteiger charge is 2.47. The summed E-state index contributed by atoms with van der Waals surface area (Å²) in [5.74, 6) is -1.30. The molecule has 0 aliphatic heterocycles. The first-order valence-electron chi connectivity index (χ1n) is 16.1. The van der Waals surface area contributed by atoms with Gasteiger partial charge < -0.3 is 16.4 Å². The van der Waals surface area contributed by atoms with E-state index in [1.54, 1.807) is 27.2 Å². The first-order valence-corrected chi connectivity index (χ1v) is 16.1. The van der Waals surface area contributed by atoms with Gasteiger partial charge in [-0.3, -0.25) is 24.4 Å². The van der Waals surface area contributed by atoms with Gasteiger partial charge in [0.05, 0.1) is 18.0 Å². The Labute approximate surface area is 291 Å². The van der Waals surface area contributed by atoms with Gasteiger partial charge in [-0.05, 0) is 67.1 Å². The van der Waals surface area contributed by atoms with Gasteiger partial charge in [0.15, 0.2) is 6.29 Å². The molecule has 1 aromatic rings. The zero-order valence-electron chi connectivity index (χ0n) is 29.8. The molecule has 4 N–H and O–H groups in total. The molecule has 0 spiro atoms. The summed E-state index contributed by atoms with van der Waals surface area (Å²) in [6, 6.07) is 9.17. The zero-order valence-corrected chi connectivity index (χ0v) is 29.8. The van der Waals surface area contributed by atoms with Crippen molar-refractivity contribution in [2.24, 2.45) is 27.1 Å². The van der Waals surface area contributed by atoms with Crippen LogP contribution in [0.2, 0.25) is 0 Å². The number of hydrogen-bond acceptors (Lipinski definition) is 6. The Morgan fingerprint density at radius 3 is 2.31 bits per heavy atom. The lowest BCUT2D eigenvalue weighted by molar-refractivity contribution is -0.129. The molecule has 0 bridgehead atoms. The standard InChI is InChI=1S/C26H34F2N4O2.C9H9NO.C2H6.C2H4/c1-17(15-27)10-22(28)11-19(3)31-16-24(33)32-23-8-7-20-13-26(25(29)34,14-21(20)12-23)18(2)6-5-9-30-4;1-10-9(7-11)8-5-3-2-4-6-8;2*1-2/h5-7,9-12,18,23,31H,1,8,13-16H2,2-4H3,(H2,29,34)(H,32,33);2-7H,1H3;1-2H3;1-2H2/b6-5-,19-11+,22-10+,30-9?;;;/t18?,23?,26-;;;/m1.../s1. The summed E-state index contributed by atoms with van der Waals surface area (Å²) in [4.78, 5) is 43.0. The van der Waals surface area contributed by atoms with Crippen molar-refractivity contribution in [3.05, 3.63) is 120 Å². The first kappa shape index (κ1) is 44.0. The number of benzene rings is 1. The highest BCUT2D eigenvalue weighted by atomic mass is 19.1. The van der Waals surface area contributed by atoms with Crippen molar-refractivity contribution in [3.63, 3.8) is 0 Å². The number of carbonyl (C=O) groups is 3. The van der Waals surface area contributed by atoms with Crippen molar-refractivity contribution in [2.45, 2.75) is 53.0 Å². The molecule has 3 rings (SSSR count). The maximum atomic E-state index is 13.7. The van der Waals surface area contributed by atoms with Gasteiger partial charge in [-0.1, -0.05) is 75.9 Å². The fourth-order valence-electron chi connectivity index (χ4n) is 5.10. The highest BCUT2D eigenvalue weighted by molar-refractivity contribution is 6.36. The molecule has 0 radical (unpaired) electrons. The fraction of sp³-hybridized carbons (Fsp3) is 0.359. The zero-order chi connectivity index (χ0) is 37.4. The van der Waals surface area contributed by atoms with Crippen LogP contribution in [0.1, 0.15) is 52.5 Å². The van der Waals surface area contributed by atoms with E-state index in [1.807, 2.05) is 69.3 Å². The lowest BCUT2D eigenvalue weighted by atomic mass is 9.73. The number of alkyl halides is 1. The van der Waals surface area contributed by atoms with E-state index in [2.05, 4.69) is 46.4 Å². The summed E-state index contributed by atoms with van der Waals surface area (Å²) >= 11 is 0. The second-order valence-corrected chi connectivity index (χ2v) is 10.9. The molecule has 10 heteroatoms. The molecule has 3 atom stereocenters. The third-order valence-electron chi connectivity index (χ3n) is 7.61. The van der Waals surface area contributed by atoms with Gasteiger partial charge in [-0.15, -0.1) is 13.2 Å². The molecule has 0 aromatic heterocycles. The van der Waals surface area contributed by atoms with Crippen molar-refractivity contribution in [1.82, 2.24) is 10.6 Å². The van der Waals surface area contributed by atoms with Crippen LogP contribution < -0.4 is 16.4 Å². The summed E-state index contributed by atoms with van der Waals surface area (Å²) in [6.07, 6.45) is 14.1. The topological polar surface area (TPSA) is 126 Å². The number of rotatable bonds is 13. The highest BCUT2D eigenvalue weighted by Crippen LogP contribution is 2.51. The van der Waals surface area contributed by atoms with Gasteiger partial charge in [0.2, 0.25) is 11.8 Å². The van der Waals surface area contributed by atoms with Crippen LogP contribution >= 0.6 is 0 Å². The molecule has 2 unspecified atom stereocenters. The van der Waals surface area contributed by atoms with Crippen molar-refractivity contribution in [2.75, 3.05) is 27.3 Å². The normalized spacial score (nSPS) is 19.3. The number of primary amides is 1. The van der Waals surface area contributed by atoms with Crippen LogP contribution in [0, 0.1) is 11.3 Å². The summed E-state index contributed by atoms with van der Waals surface area (Å²) in [6.45, 7) is 16.1. The van der Waals surface area contributed by atoms with Crippen LogP contribution in [0.25, 0.3) is 0 Å². The monoisotopic (exact) mass is 677 g/mol. The fourth-order valence-corrected chi connectivity index (χ4v) is 5.10. The van der Waals surface area contributed by atoms with E-state index in [-0.39, 0.29) is 35.9 Å². The molecule has 2 amide bonds. The minimum atomic E-state index is -0.826. The number of nitrogens with one attached hydrogen (secondary N) is 2. The minimum Gasteiger partial charge on any atom is -0.380 e. The summed E-state index contributed by atoms with van der Waals surface area (Å²) in [5.41, 5.74) is 9.09. The van der Waals surface area contributed by atoms with Crippen LogP contribution in [-0.4, -0.2) is 63.4 Å². The molecule has 1 aromatic carbocycles. The van der Waals surface area contributed by atoms with Gasteiger partial charge in [0.25, 0.3) is 0 Å². The summed E-state index contributed by atoms with van der Waals surface area (Å²) in [7, 11) is 3.29. The molecule has 2 aliphatic rings. The van der Waals surface area contributed by atoms with E-state index in [0.29, 0.717) is 30.7 Å². The number of carbonyl (C=O) groups excluding carboxylic acids is 3. The number of fused-ring (bicyclic) bond motifs is 1. The molecular formula is C39H53F2N5O3. The Hall–Kier alpha value is -4.99. The van der Waals surface area contributed by atoms with E-state index in [4.69, 9.17) is 5.73 Å². The predicted octanol–water partition coefficient (Wildman–Crippen LogP) is 6.89. The van der Waals surface area contributed by atoms with E-state index >= 15 is 0 Å². The third kappa shape index (κ3) is 14.8. The molecule has 1 saturated carbocycles. The average Bonchev–Trinajstić information content (AvgIpc) is 3.51. The average molecular weight is 678 g/mol. The Morgan fingerprint density at radius 1 is 1.12 bits per heavy atom. The Bertz CT molecular complexity index is 1460. The lowest BCUT2D eigenvalue weighted by Gasteiger charge is -2.29. The Morgan fingerprint density at radius 2 is 1.76 bits per heavy atom. The van der Waals surface area contributed by atoms with Gasteiger partial charge in [-0.2, -0.15) is 0 Å². The van der Waals surface area contributed by atoms with E-state index in [0.717, 1.165) is 29.1 Å². The molecule has 0 heterocycles. The molecule has 8 nitrogen and oxygen atoms in total. The van der Waals surface area contributed by atoms with E-state index in [9.17, 15) is 23.2 Å². The smallest absolute Gasteiger partial charge is 0.239 e. The number of halogens is 2. The predicted molar refractivity (Wildman–Crippen MR) is 200 cm³/mol. The largest absolute Gasteiger partial charge is 0.380 e. The number of allylic oxidation sites excluding steroid dienone is 9. The van der Waals surface area contributed by atoms with Gasteiger partial charge in [-0.25, -0.2) is 8.78 Å². The lowest BCUT2D eigenvalue weighted by Crippen LogP contribution is -2.40. The Balaban J connectivity index is 0.00000128. The summed E-state index contributed by atoms with van der Waals surface area (Å²) in [5, 5.41) is 5.78. The molecular weight excluding hydrogens is 624 g/mol. The maximum absolute atomic E-state index is 13.7. The molecule has 266 valence electrons. The van der Waals surface area contributed by atoms with Crippen LogP contribution in [0.4, 0.5) is 8.78 Å². The van der Waals surface area contributed by atoms with Crippen molar-refractivity contribution < 1.29 is 23.2 Å². The number of hydrogen-bond donors (Lipinski definition) is 3. The minimum absolute atomic E-state index is 0.0320. The molecule has 2 aliphatic carbocycles. The molecule has 0 saturated heterocycles. The van der Waals surface area contributed by atoms with Crippen LogP contribution in [0.3, 0.4) is 0 Å². The number of aldehydes is 1. The third-order valence-corrected chi connectivity index (χ3v) is 7.61. The SMILES string of the molecule is C=C.C=C(/C=C(F)\C=C(/C)NCC(=O)NC1C=C2C[C@@](C(N)=O)(C(C)/C=C\C=NC)CC2=CC1)CF.CC.CN=C(C=O)c1ccccc1. The number of aliphatic imine (C=N–C) groups is 2. The molecule has 1 fully saturated rings. The number of nitrogens with two attached hydrogens (primary N) is 1. The van der Waals surface area contributed by atoms with Crippen LogP contribution in [0.15, 0.2) is 125 Å². The second kappa shape index (κ2) is 24.2. The van der Waals surface area contributed by atoms with E-state index in [1.165, 1.54) is 6.08 Å². The molecule has 49 heavy (non-hydrogen) atoms. The number of amides is 2. The summed E-state index contributed by atoms with van der Waals surface area (Å²) < 4.78 is 26.1. The van der Waals surface area contributed by atoms with Gasteiger partial charge >= 0.3 is 0 Å². The number of nitrogens with zero attached hydrogens (tertiary/aromatic N) is 2. The van der Waals surface area contributed by atoms with Gasteiger partial charge in [0.1, 0.15) is 18.2 Å². The quantitative estimate of drug-likeness (QED) is 0.0910. The first-order chi connectivity index (χ1) is 23.5. The van der Waals surface area contributed by atoms with Crippen LogP contribution in [0.5, 0.6) is 0 Å². The van der Waals surface area contributed by atoms with Gasteiger partial charge in [0, 0.05) is 31.6 Å². The Kier molecular flexibility index (Phi) is 21.7.